The number of aromatic nitrogens is 2. The average molecular weight is 629 g/mol. The number of imidazole rings is 1. The van der Waals surface area contributed by atoms with Gasteiger partial charge in [-0.25, -0.2) is 4.98 Å². The van der Waals surface area contributed by atoms with Crippen LogP contribution in [0.4, 0.5) is 5.69 Å². The highest BCUT2D eigenvalue weighted by Gasteiger charge is 2.20. The van der Waals surface area contributed by atoms with Crippen LogP contribution in [0.15, 0.2) is 60.8 Å². The summed E-state index contributed by atoms with van der Waals surface area (Å²) in [5.74, 6) is -0.528. The van der Waals surface area contributed by atoms with Gasteiger partial charge in [-0.3, -0.25) is 18.8 Å². The Morgan fingerprint density at radius 2 is 1.79 bits per heavy atom. The molecule has 4 rings (SSSR count). The highest BCUT2D eigenvalue weighted by atomic mass is 35.5. The Balaban J connectivity index is 1.37. The van der Waals surface area contributed by atoms with Gasteiger partial charge in [0.2, 0.25) is 11.8 Å². The van der Waals surface area contributed by atoms with Gasteiger partial charge in [-0.1, -0.05) is 46.9 Å². The molecule has 0 saturated heterocycles. The molecule has 0 unspecified atom stereocenters. The Labute approximate surface area is 258 Å². The number of ether oxygens (including phenoxy) is 1. The second-order valence-electron chi connectivity index (χ2n) is 9.19. The van der Waals surface area contributed by atoms with E-state index in [1.165, 1.54) is 11.0 Å². The minimum absolute atomic E-state index is 0.0164. The van der Waals surface area contributed by atoms with E-state index in [1.807, 2.05) is 6.92 Å². The number of halogens is 3. The van der Waals surface area contributed by atoms with Crippen molar-refractivity contribution in [2.24, 2.45) is 0 Å². The standard InChI is InChI=1S/C30H28Cl3N5O4/c1-4-34-30(41)20-10-7-19(8-11-20)9-14-25(39)35-16-26(40)37(3)23-13-12-22(31)21(27(23)32)17-42-24-6-5-15-38-28(33)18(2)36-29(24)38/h5-15H,4,16-17H2,1-3H3,(H,34,41)(H,35,39). The molecule has 2 aromatic heterocycles. The summed E-state index contributed by atoms with van der Waals surface area (Å²) in [6, 6.07) is 13.6. The summed E-state index contributed by atoms with van der Waals surface area (Å²) in [5, 5.41) is 6.39. The number of hydrogen-bond acceptors (Lipinski definition) is 5. The Morgan fingerprint density at radius 3 is 2.50 bits per heavy atom. The molecule has 0 spiro atoms. The molecule has 42 heavy (non-hydrogen) atoms. The van der Waals surface area contributed by atoms with Crippen molar-refractivity contribution in [2.45, 2.75) is 20.5 Å². The third-order valence-corrected chi connectivity index (χ3v) is 7.57. The first kappa shape index (κ1) is 30.9. The number of hydrogen-bond donors (Lipinski definition) is 2. The maximum atomic E-state index is 12.9. The molecular formula is C30H28Cl3N5O4. The van der Waals surface area contributed by atoms with Gasteiger partial charge in [0.05, 0.1) is 22.9 Å². The van der Waals surface area contributed by atoms with E-state index in [-0.39, 0.29) is 24.1 Å². The topological polar surface area (TPSA) is 105 Å². The lowest BCUT2D eigenvalue weighted by Gasteiger charge is -2.21. The quantitative estimate of drug-likeness (QED) is 0.219. The van der Waals surface area contributed by atoms with E-state index in [2.05, 4.69) is 15.6 Å². The number of aryl methyl sites for hydroxylation is 1. The molecule has 3 amide bonds. The molecule has 2 heterocycles. The number of anilines is 1. The molecule has 0 atom stereocenters. The van der Waals surface area contributed by atoms with Crippen LogP contribution in [0, 0.1) is 6.92 Å². The fourth-order valence-electron chi connectivity index (χ4n) is 4.02. The van der Waals surface area contributed by atoms with E-state index in [0.29, 0.717) is 50.6 Å². The number of fused-ring (bicyclic) bond motifs is 1. The minimum atomic E-state index is -0.454. The lowest BCUT2D eigenvalue weighted by atomic mass is 10.1. The number of nitrogens with one attached hydrogen (secondary N) is 2. The Hall–Kier alpha value is -4.05. The smallest absolute Gasteiger partial charge is 0.251 e. The molecule has 0 radical (unpaired) electrons. The van der Waals surface area contributed by atoms with E-state index in [1.54, 1.807) is 79.2 Å². The monoisotopic (exact) mass is 627 g/mol. The number of amides is 3. The van der Waals surface area contributed by atoms with Crippen LogP contribution in [0.3, 0.4) is 0 Å². The molecule has 0 bridgehead atoms. The summed E-state index contributed by atoms with van der Waals surface area (Å²) in [6.07, 6.45) is 4.69. The van der Waals surface area contributed by atoms with Gasteiger partial charge in [0.15, 0.2) is 11.4 Å². The van der Waals surface area contributed by atoms with Gasteiger partial charge < -0.3 is 20.3 Å². The second kappa shape index (κ2) is 13.7. The summed E-state index contributed by atoms with van der Waals surface area (Å²) in [4.78, 5) is 42.9. The number of benzene rings is 2. The van der Waals surface area contributed by atoms with Gasteiger partial charge >= 0.3 is 0 Å². The first-order valence-electron chi connectivity index (χ1n) is 12.9. The van der Waals surface area contributed by atoms with Crippen molar-refractivity contribution in [3.05, 3.63) is 98.4 Å². The molecule has 9 nitrogen and oxygen atoms in total. The fraction of sp³-hybridized carbons (Fsp3) is 0.200. The van der Waals surface area contributed by atoms with Crippen molar-refractivity contribution >= 4 is 69.9 Å². The van der Waals surface area contributed by atoms with Crippen LogP contribution in [0.25, 0.3) is 11.7 Å². The van der Waals surface area contributed by atoms with Crippen molar-refractivity contribution in [2.75, 3.05) is 25.0 Å². The van der Waals surface area contributed by atoms with Gasteiger partial charge in [0.1, 0.15) is 11.8 Å². The highest BCUT2D eigenvalue weighted by Crippen LogP contribution is 2.35. The van der Waals surface area contributed by atoms with E-state index in [9.17, 15) is 14.4 Å². The molecule has 218 valence electrons. The molecule has 12 heteroatoms. The van der Waals surface area contributed by atoms with Crippen molar-refractivity contribution in [3.8, 4) is 5.75 Å². The summed E-state index contributed by atoms with van der Waals surface area (Å²) in [7, 11) is 1.55. The van der Waals surface area contributed by atoms with Crippen LogP contribution in [0.5, 0.6) is 5.75 Å². The summed E-state index contributed by atoms with van der Waals surface area (Å²) in [5.41, 5.74) is 3.36. The minimum Gasteiger partial charge on any atom is -0.485 e. The Morgan fingerprint density at radius 1 is 1.05 bits per heavy atom. The number of pyridine rings is 1. The normalized spacial score (nSPS) is 11.1. The summed E-state index contributed by atoms with van der Waals surface area (Å²) in [6.45, 7) is 3.94. The van der Waals surface area contributed by atoms with Crippen LogP contribution in [0.2, 0.25) is 15.2 Å². The molecule has 2 N–H and O–H groups in total. The molecule has 4 aromatic rings. The van der Waals surface area contributed by atoms with Crippen molar-refractivity contribution in [1.82, 2.24) is 20.0 Å². The van der Waals surface area contributed by atoms with Crippen molar-refractivity contribution < 1.29 is 19.1 Å². The van der Waals surface area contributed by atoms with Crippen molar-refractivity contribution in [3.63, 3.8) is 0 Å². The van der Waals surface area contributed by atoms with Crippen LogP contribution < -0.4 is 20.3 Å². The predicted octanol–water partition coefficient (Wildman–Crippen LogP) is 5.72. The van der Waals surface area contributed by atoms with Crippen LogP contribution in [0.1, 0.15) is 34.1 Å². The highest BCUT2D eigenvalue weighted by molar-refractivity contribution is 6.38. The molecule has 2 aromatic carbocycles. The average Bonchev–Trinajstić information content (AvgIpc) is 3.28. The number of likely N-dealkylation sites (N-methyl/N-ethyl adjacent to an activating group) is 1. The van der Waals surface area contributed by atoms with Crippen molar-refractivity contribution in [1.29, 1.82) is 0 Å². The van der Waals surface area contributed by atoms with E-state index < -0.39 is 11.8 Å². The third-order valence-electron chi connectivity index (χ3n) is 6.34. The molecular weight excluding hydrogens is 601 g/mol. The van der Waals surface area contributed by atoms with Gasteiger partial charge in [-0.05, 0) is 61.9 Å². The second-order valence-corrected chi connectivity index (χ2v) is 10.3. The lowest BCUT2D eigenvalue weighted by Crippen LogP contribution is -2.37. The molecule has 0 aliphatic rings. The molecule has 0 saturated carbocycles. The Kier molecular flexibility index (Phi) is 10.1. The number of nitrogens with zero attached hydrogens (tertiary/aromatic N) is 3. The first-order chi connectivity index (χ1) is 20.1. The zero-order chi connectivity index (χ0) is 30.4. The van der Waals surface area contributed by atoms with Crippen LogP contribution in [-0.4, -0.2) is 47.2 Å². The molecule has 0 fully saturated rings. The largest absolute Gasteiger partial charge is 0.485 e. The fourth-order valence-corrected chi connectivity index (χ4v) is 4.81. The van der Waals surface area contributed by atoms with Gasteiger partial charge in [0.25, 0.3) is 5.91 Å². The van der Waals surface area contributed by atoms with Crippen LogP contribution >= 0.6 is 34.8 Å². The van der Waals surface area contributed by atoms with Crippen LogP contribution in [-0.2, 0) is 16.2 Å². The number of carbonyl (C=O) groups is 3. The van der Waals surface area contributed by atoms with E-state index in [0.717, 1.165) is 5.56 Å². The molecule has 0 aliphatic carbocycles. The van der Waals surface area contributed by atoms with Gasteiger partial charge in [0, 0.05) is 42.0 Å². The number of carbonyl (C=O) groups excluding carboxylic acids is 3. The van der Waals surface area contributed by atoms with E-state index in [4.69, 9.17) is 39.5 Å². The maximum absolute atomic E-state index is 12.9. The Bertz CT molecular complexity index is 1670. The SMILES string of the molecule is CCNC(=O)c1ccc(C=CC(=O)NCC(=O)N(C)c2ccc(Cl)c(COc3cccn4c(Cl)c(C)nc34)c2Cl)cc1. The van der Waals surface area contributed by atoms with Gasteiger partial charge in [-0.2, -0.15) is 0 Å². The predicted molar refractivity (Wildman–Crippen MR) is 166 cm³/mol. The number of rotatable bonds is 10. The van der Waals surface area contributed by atoms with E-state index >= 15 is 0 Å². The van der Waals surface area contributed by atoms with Gasteiger partial charge in [-0.15, -0.1) is 0 Å². The zero-order valence-corrected chi connectivity index (χ0v) is 25.3. The maximum Gasteiger partial charge on any atom is 0.251 e. The summed E-state index contributed by atoms with van der Waals surface area (Å²) >= 11 is 19.4. The third kappa shape index (κ3) is 7.05. The lowest BCUT2D eigenvalue weighted by molar-refractivity contribution is -0.122. The summed E-state index contributed by atoms with van der Waals surface area (Å²) < 4.78 is 7.72. The molecule has 0 aliphatic heterocycles. The first-order valence-corrected chi connectivity index (χ1v) is 14.1. The zero-order valence-electron chi connectivity index (χ0n) is 23.1.